The molecule has 0 spiro atoms. The molecule has 0 unspecified atom stereocenters. The molecule has 50 valence electrons. The third kappa shape index (κ3) is 7.21. The van der Waals surface area contributed by atoms with Gasteiger partial charge in [0.25, 0.3) is 0 Å². The summed E-state index contributed by atoms with van der Waals surface area (Å²) in [6.07, 6.45) is 5.55. The fourth-order valence-electron chi connectivity index (χ4n) is 0.543. The van der Waals surface area contributed by atoms with Crippen molar-refractivity contribution in [2.75, 3.05) is 9.76 Å². The number of hydrogen-bond acceptors (Lipinski definition) is 0. The van der Waals surface area contributed by atoms with Gasteiger partial charge in [-0.2, -0.15) is 0 Å². The molecule has 0 saturated carbocycles. The summed E-state index contributed by atoms with van der Waals surface area (Å²) in [7, 11) is 0. The molecule has 0 aliphatic rings. The normalized spacial score (nSPS) is 9.75. The fourth-order valence-corrected chi connectivity index (χ4v) is 1.48. The van der Waals surface area contributed by atoms with Gasteiger partial charge in [-0.1, -0.05) is 51.4 Å². The van der Waals surface area contributed by atoms with Gasteiger partial charge in [-0.3, -0.25) is 0 Å². The van der Waals surface area contributed by atoms with Gasteiger partial charge in [0.15, 0.2) is 0 Å². The molecule has 0 radical (unpaired) electrons. The van der Waals surface area contributed by atoms with Gasteiger partial charge < -0.3 is 0 Å². The number of rotatable bonds is 5. The molecule has 8 heavy (non-hydrogen) atoms. The maximum absolute atomic E-state index is 3.40. The highest BCUT2D eigenvalue weighted by atomic mass is 127. The second kappa shape index (κ2) is 8.21. The molecule has 0 nitrogen and oxygen atoms in total. The lowest BCUT2D eigenvalue weighted by molar-refractivity contribution is 0.717. The zero-order valence-electron chi connectivity index (χ0n) is 5.00. The number of alkyl halides is 2. The molecule has 0 heterocycles. The van der Waals surface area contributed by atoms with E-state index in [4.69, 9.17) is 0 Å². The Morgan fingerprint density at radius 3 is 2.12 bits per heavy atom. The molecule has 0 amide bonds. The monoisotopic (exact) mass is 290 g/mol. The van der Waals surface area contributed by atoms with Crippen LogP contribution in [-0.2, 0) is 0 Å². The minimum atomic E-state index is 1.17. The summed E-state index contributed by atoms with van der Waals surface area (Å²) in [5.41, 5.74) is 0. The van der Waals surface area contributed by atoms with E-state index < -0.39 is 0 Å². The Morgan fingerprint density at radius 2 is 1.62 bits per heavy atom. The third-order valence-corrected chi connectivity index (χ3v) is 2.34. The Labute approximate surface area is 73.7 Å². The van der Waals surface area contributed by atoms with Gasteiger partial charge in [0, 0.05) is 5.33 Å². The van der Waals surface area contributed by atoms with E-state index in [9.17, 15) is 0 Å². The zero-order chi connectivity index (χ0) is 6.24. The minimum absolute atomic E-state index is 1.17. The van der Waals surface area contributed by atoms with Crippen LogP contribution in [-0.4, -0.2) is 9.76 Å². The van der Waals surface area contributed by atoms with Crippen molar-refractivity contribution in [3.8, 4) is 0 Å². The molecule has 0 rings (SSSR count). The highest BCUT2D eigenvalue weighted by molar-refractivity contribution is 14.1. The van der Waals surface area contributed by atoms with E-state index in [0.29, 0.717) is 0 Å². The van der Waals surface area contributed by atoms with E-state index in [1.165, 1.54) is 35.4 Å². The van der Waals surface area contributed by atoms with Crippen LogP contribution < -0.4 is 0 Å². The van der Waals surface area contributed by atoms with Crippen molar-refractivity contribution in [1.29, 1.82) is 0 Å². The van der Waals surface area contributed by atoms with Gasteiger partial charge in [-0.25, -0.2) is 0 Å². The van der Waals surface area contributed by atoms with Crippen LogP contribution in [0.15, 0.2) is 0 Å². The van der Waals surface area contributed by atoms with Crippen molar-refractivity contribution in [2.45, 2.75) is 25.7 Å². The van der Waals surface area contributed by atoms with Crippen molar-refractivity contribution in [3.05, 3.63) is 0 Å². The van der Waals surface area contributed by atoms with Crippen LogP contribution in [0.2, 0.25) is 0 Å². The predicted molar refractivity (Wildman–Crippen MR) is 51.1 cm³/mol. The van der Waals surface area contributed by atoms with Gasteiger partial charge in [-0.15, -0.1) is 0 Å². The first-order valence-electron chi connectivity index (χ1n) is 3.03. The highest BCUT2D eigenvalue weighted by Gasteiger charge is 1.84. The quantitative estimate of drug-likeness (QED) is 0.414. The topological polar surface area (TPSA) is 0 Å². The predicted octanol–water partition coefficient (Wildman–Crippen LogP) is 3.38. The van der Waals surface area contributed by atoms with Crippen LogP contribution in [0.4, 0.5) is 0 Å². The Hall–Kier alpha value is 1.21. The van der Waals surface area contributed by atoms with Gasteiger partial charge in [-0.05, 0) is 17.3 Å². The molecule has 2 heteroatoms. The maximum atomic E-state index is 3.40. The standard InChI is InChI=1S/C6H12BrI/c7-5-3-1-2-4-6-8/h1-6H2. The first kappa shape index (κ1) is 9.21. The number of halogens is 2. The summed E-state index contributed by atoms with van der Waals surface area (Å²) in [5, 5.41) is 1.17. The van der Waals surface area contributed by atoms with Crippen LogP contribution in [0.1, 0.15) is 25.7 Å². The Balaban J connectivity index is 2.53. The summed E-state index contributed by atoms with van der Waals surface area (Å²) >= 11 is 5.83. The van der Waals surface area contributed by atoms with Gasteiger partial charge >= 0.3 is 0 Å². The summed E-state index contributed by atoms with van der Waals surface area (Å²) in [4.78, 5) is 0. The first-order chi connectivity index (χ1) is 3.91. The molecular weight excluding hydrogens is 279 g/mol. The lowest BCUT2D eigenvalue weighted by atomic mass is 10.2. The lowest BCUT2D eigenvalue weighted by Crippen LogP contribution is -1.78. The summed E-state index contributed by atoms with van der Waals surface area (Å²) in [6, 6.07) is 0. The second-order valence-corrected chi connectivity index (χ2v) is 3.66. The third-order valence-electron chi connectivity index (χ3n) is 1.02. The van der Waals surface area contributed by atoms with E-state index in [1.54, 1.807) is 0 Å². The van der Waals surface area contributed by atoms with E-state index >= 15 is 0 Å². The Morgan fingerprint density at radius 1 is 1.00 bits per heavy atom. The van der Waals surface area contributed by atoms with Crippen molar-refractivity contribution < 1.29 is 0 Å². The molecule has 0 bridgehead atoms. The molecule has 0 atom stereocenters. The zero-order valence-corrected chi connectivity index (χ0v) is 8.74. The van der Waals surface area contributed by atoms with Gasteiger partial charge in [0.2, 0.25) is 0 Å². The smallest absolute Gasteiger partial charge is 0.00313 e. The molecule has 0 fully saturated rings. The fraction of sp³-hybridized carbons (Fsp3) is 1.00. The minimum Gasteiger partial charge on any atom is -0.0928 e. The average Bonchev–Trinajstić information content (AvgIpc) is 1.81. The Kier molecular flexibility index (Phi) is 9.45. The van der Waals surface area contributed by atoms with E-state index in [2.05, 4.69) is 38.5 Å². The molecule has 0 aromatic carbocycles. The second-order valence-electron chi connectivity index (χ2n) is 1.79. The largest absolute Gasteiger partial charge is 0.0928 e. The SMILES string of the molecule is BrCCCCCCI. The van der Waals surface area contributed by atoms with E-state index in [0.717, 1.165) is 0 Å². The molecule has 0 aliphatic heterocycles. The summed E-state index contributed by atoms with van der Waals surface area (Å²) < 4.78 is 1.32. The molecular formula is C6H12BrI. The molecule has 0 aromatic heterocycles. The number of unbranched alkanes of at least 4 members (excludes halogenated alkanes) is 3. The van der Waals surface area contributed by atoms with Crippen LogP contribution in [0.25, 0.3) is 0 Å². The van der Waals surface area contributed by atoms with Gasteiger partial charge in [0.05, 0.1) is 0 Å². The summed E-state index contributed by atoms with van der Waals surface area (Å²) in [5.74, 6) is 0. The van der Waals surface area contributed by atoms with Crippen molar-refractivity contribution >= 4 is 38.5 Å². The molecule has 0 aliphatic carbocycles. The van der Waals surface area contributed by atoms with Crippen LogP contribution in [0.3, 0.4) is 0 Å². The van der Waals surface area contributed by atoms with Crippen LogP contribution in [0.5, 0.6) is 0 Å². The van der Waals surface area contributed by atoms with Crippen molar-refractivity contribution in [3.63, 3.8) is 0 Å². The van der Waals surface area contributed by atoms with Crippen molar-refractivity contribution in [2.24, 2.45) is 0 Å². The van der Waals surface area contributed by atoms with Crippen molar-refractivity contribution in [1.82, 2.24) is 0 Å². The lowest BCUT2D eigenvalue weighted by Gasteiger charge is -1.92. The van der Waals surface area contributed by atoms with Gasteiger partial charge in [0.1, 0.15) is 0 Å². The number of hydrogen-bond donors (Lipinski definition) is 0. The average molecular weight is 291 g/mol. The molecule has 0 N–H and O–H groups in total. The first-order valence-corrected chi connectivity index (χ1v) is 5.68. The van der Waals surface area contributed by atoms with Crippen LogP contribution in [0, 0.1) is 0 Å². The Bertz CT molecular complexity index is 33.5. The van der Waals surface area contributed by atoms with E-state index in [1.807, 2.05) is 0 Å². The summed E-state index contributed by atoms with van der Waals surface area (Å²) in [6.45, 7) is 0. The highest BCUT2D eigenvalue weighted by Crippen LogP contribution is 2.03. The van der Waals surface area contributed by atoms with E-state index in [-0.39, 0.29) is 0 Å². The molecule has 0 saturated heterocycles. The van der Waals surface area contributed by atoms with Crippen LogP contribution >= 0.6 is 38.5 Å². The molecule has 0 aromatic rings. The maximum Gasteiger partial charge on any atom is 0.00313 e.